The van der Waals surface area contributed by atoms with E-state index in [1.165, 1.54) is 57.8 Å². The quantitative estimate of drug-likeness (QED) is 0.209. The van der Waals surface area contributed by atoms with Crippen LogP contribution in [0, 0.1) is 58.2 Å². The van der Waals surface area contributed by atoms with Crippen molar-refractivity contribution >= 4 is 11.9 Å². The summed E-state index contributed by atoms with van der Waals surface area (Å²) in [4.78, 5) is 22.3. The lowest BCUT2D eigenvalue weighted by atomic mass is 9.47. The number of rotatable bonds is 10. The summed E-state index contributed by atoms with van der Waals surface area (Å²) in [7, 11) is 0. The molecule has 10 unspecified atom stereocenters. The molecule has 0 aromatic carbocycles. The van der Waals surface area contributed by atoms with E-state index in [0.29, 0.717) is 10.8 Å². The van der Waals surface area contributed by atoms with E-state index in [-0.39, 0.29) is 23.9 Å². The maximum absolute atomic E-state index is 12.4. The van der Waals surface area contributed by atoms with Gasteiger partial charge in [-0.25, -0.2) is 0 Å². The maximum Gasteiger partial charge on any atom is 0.308 e. The predicted molar refractivity (Wildman–Crippen MR) is 169 cm³/mol. The molecule has 4 aliphatic carbocycles. The fourth-order valence-electron chi connectivity index (χ4n) is 9.37. The molecule has 236 valence electrons. The lowest BCUT2D eigenvalue weighted by molar-refractivity contribution is -0.156. The molecule has 4 aliphatic rings. The van der Waals surface area contributed by atoms with E-state index in [4.69, 9.17) is 9.84 Å². The standard InChI is InChI=1S/C32H54O2.C5H10O2/c1-8-22(4)30(33)34-25-16-18-31(6)24(20-25)12-13-26-28-15-14-27(23(5)11-9-10-21(2)3)32(28,7)19-17-29(26)31;1-3-4(2)5(6)7/h12,21-23,25-29H,8-11,13-20H2,1-7H3;4H,3H2,1-2H3,(H,6,7). The molecule has 0 saturated heterocycles. The molecule has 10 atom stereocenters. The van der Waals surface area contributed by atoms with Gasteiger partial charge in [-0.05, 0) is 104 Å². The highest BCUT2D eigenvalue weighted by Crippen LogP contribution is 2.67. The highest BCUT2D eigenvalue weighted by atomic mass is 16.5. The van der Waals surface area contributed by atoms with E-state index in [2.05, 4.69) is 47.6 Å². The Bertz CT molecular complexity index is 907. The largest absolute Gasteiger partial charge is 0.481 e. The summed E-state index contributed by atoms with van der Waals surface area (Å²) in [5, 5.41) is 8.18. The number of hydrogen-bond acceptors (Lipinski definition) is 3. The van der Waals surface area contributed by atoms with Crippen molar-refractivity contribution < 1.29 is 19.4 Å². The van der Waals surface area contributed by atoms with Crippen LogP contribution in [0.25, 0.3) is 0 Å². The molecule has 3 saturated carbocycles. The van der Waals surface area contributed by atoms with Gasteiger partial charge in [-0.3, -0.25) is 9.59 Å². The summed E-state index contributed by atoms with van der Waals surface area (Å²) in [6.45, 7) is 20.2. The number of fused-ring (bicyclic) bond motifs is 5. The third-order valence-electron chi connectivity index (χ3n) is 12.6. The van der Waals surface area contributed by atoms with Crippen molar-refractivity contribution in [1.29, 1.82) is 0 Å². The molecule has 0 aliphatic heterocycles. The predicted octanol–water partition coefficient (Wildman–Crippen LogP) is 10.1. The second-order valence-corrected chi connectivity index (χ2v) is 15.5. The van der Waals surface area contributed by atoms with E-state index < -0.39 is 5.97 Å². The molecule has 1 N–H and O–H groups in total. The highest BCUT2D eigenvalue weighted by molar-refractivity contribution is 5.72. The number of carbonyl (C=O) groups is 2. The average Bonchev–Trinajstić information content (AvgIpc) is 3.29. The van der Waals surface area contributed by atoms with Gasteiger partial charge < -0.3 is 9.84 Å². The number of allylic oxidation sites excluding steroid dienone is 1. The van der Waals surface area contributed by atoms with Crippen molar-refractivity contribution in [3.63, 3.8) is 0 Å². The average molecular weight is 573 g/mol. The number of carboxylic acid groups (broad SMARTS) is 1. The molecule has 41 heavy (non-hydrogen) atoms. The SMILES string of the molecule is CCC(C)C(=O)O.CCC(C)C(=O)OC1CCC2(C)C(=CCC3C2CCC2(C)C(C(C)CCCC(C)C)CCC32)C1. The molecule has 0 aromatic rings. The van der Waals surface area contributed by atoms with E-state index >= 15 is 0 Å². The summed E-state index contributed by atoms with van der Waals surface area (Å²) in [5.74, 6) is 4.43. The van der Waals surface area contributed by atoms with Crippen molar-refractivity contribution in [2.24, 2.45) is 58.2 Å². The zero-order valence-corrected chi connectivity index (χ0v) is 28.1. The second kappa shape index (κ2) is 14.4. The number of hydrogen-bond donors (Lipinski definition) is 1. The van der Waals surface area contributed by atoms with Gasteiger partial charge in [-0.2, -0.15) is 0 Å². The molecular weight excluding hydrogens is 508 g/mol. The molecular formula is C37H64O4. The molecule has 0 amide bonds. The van der Waals surface area contributed by atoms with Crippen molar-refractivity contribution in [3.8, 4) is 0 Å². The maximum atomic E-state index is 12.4. The van der Waals surface area contributed by atoms with Crippen LogP contribution >= 0.6 is 0 Å². The number of esters is 1. The van der Waals surface area contributed by atoms with Gasteiger partial charge in [-0.1, -0.05) is 93.2 Å². The zero-order chi connectivity index (χ0) is 30.5. The number of aliphatic carboxylic acids is 1. The lowest BCUT2D eigenvalue weighted by Gasteiger charge is -2.58. The van der Waals surface area contributed by atoms with Crippen molar-refractivity contribution in [2.45, 2.75) is 152 Å². The lowest BCUT2D eigenvalue weighted by Crippen LogP contribution is -2.51. The zero-order valence-electron chi connectivity index (χ0n) is 28.1. The monoisotopic (exact) mass is 572 g/mol. The second-order valence-electron chi connectivity index (χ2n) is 15.5. The first-order chi connectivity index (χ1) is 19.3. The Morgan fingerprint density at radius 3 is 2.20 bits per heavy atom. The van der Waals surface area contributed by atoms with E-state index in [0.717, 1.165) is 61.2 Å². The highest BCUT2D eigenvalue weighted by Gasteiger charge is 2.59. The molecule has 0 heterocycles. The van der Waals surface area contributed by atoms with Gasteiger partial charge in [0.25, 0.3) is 0 Å². The summed E-state index contributed by atoms with van der Waals surface area (Å²) in [6.07, 6.45) is 18.8. The van der Waals surface area contributed by atoms with Gasteiger partial charge in [0.15, 0.2) is 0 Å². The number of carboxylic acids is 1. The van der Waals surface area contributed by atoms with Crippen LogP contribution in [0.4, 0.5) is 0 Å². The smallest absolute Gasteiger partial charge is 0.308 e. The van der Waals surface area contributed by atoms with Gasteiger partial charge in [0.05, 0.1) is 11.8 Å². The van der Waals surface area contributed by atoms with Crippen LogP contribution < -0.4 is 0 Å². The minimum absolute atomic E-state index is 0.0123. The molecule has 0 spiro atoms. The molecule has 4 rings (SSSR count). The third-order valence-corrected chi connectivity index (χ3v) is 12.6. The molecule has 0 radical (unpaired) electrons. The normalized spacial score (nSPS) is 36.4. The van der Waals surface area contributed by atoms with Crippen LogP contribution in [0.1, 0.15) is 146 Å². The fraction of sp³-hybridized carbons (Fsp3) is 0.892. The Morgan fingerprint density at radius 2 is 1.61 bits per heavy atom. The first-order valence-electron chi connectivity index (χ1n) is 17.4. The first-order valence-corrected chi connectivity index (χ1v) is 17.4. The van der Waals surface area contributed by atoms with Crippen LogP contribution in [-0.4, -0.2) is 23.1 Å². The Balaban J connectivity index is 0.000000587. The molecule has 0 aromatic heterocycles. The van der Waals surface area contributed by atoms with E-state index in [1.807, 2.05) is 13.8 Å². The van der Waals surface area contributed by atoms with Gasteiger partial charge >= 0.3 is 11.9 Å². The molecule has 4 heteroatoms. The molecule has 3 fully saturated rings. The first kappa shape index (κ1) is 34.2. The van der Waals surface area contributed by atoms with Crippen LogP contribution in [0.3, 0.4) is 0 Å². The number of carbonyl (C=O) groups excluding carboxylic acids is 1. The van der Waals surface area contributed by atoms with Gasteiger partial charge in [0.2, 0.25) is 0 Å². The van der Waals surface area contributed by atoms with E-state index in [1.54, 1.807) is 12.5 Å². The van der Waals surface area contributed by atoms with Crippen molar-refractivity contribution in [2.75, 3.05) is 0 Å². The van der Waals surface area contributed by atoms with Gasteiger partial charge in [0.1, 0.15) is 6.10 Å². The summed E-state index contributed by atoms with van der Waals surface area (Å²) < 4.78 is 5.97. The van der Waals surface area contributed by atoms with Crippen LogP contribution in [0.5, 0.6) is 0 Å². The van der Waals surface area contributed by atoms with Gasteiger partial charge in [0, 0.05) is 6.42 Å². The molecule has 0 bridgehead atoms. The Hall–Kier alpha value is -1.32. The number of ether oxygens (including phenoxy) is 1. The summed E-state index contributed by atoms with van der Waals surface area (Å²) in [6, 6.07) is 0. The Labute approximate surface area is 252 Å². The van der Waals surface area contributed by atoms with Crippen molar-refractivity contribution in [1.82, 2.24) is 0 Å². The van der Waals surface area contributed by atoms with Crippen LogP contribution in [0.2, 0.25) is 0 Å². The van der Waals surface area contributed by atoms with Crippen LogP contribution in [0.15, 0.2) is 11.6 Å². The minimum Gasteiger partial charge on any atom is -0.481 e. The summed E-state index contributed by atoms with van der Waals surface area (Å²) in [5.41, 5.74) is 2.52. The summed E-state index contributed by atoms with van der Waals surface area (Å²) >= 11 is 0. The van der Waals surface area contributed by atoms with Crippen molar-refractivity contribution in [3.05, 3.63) is 11.6 Å². The fourth-order valence-corrected chi connectivity index (χ4v) is 9.37. The topological polar surface area (TPSA) is 63.6 Å². The Kier molecular flexibility index (Phi) is 12.0. The van der Waals surface area contributed by atoms with Crippen LogP contribution in [-0.2, 0) is 14.3 Å². The minimum atomic E-state index is -0.706. The molecule has 4 nitrogen and oxygen atoms in total. The third kappa shape index (κ3) is 7.61. The Morgan fingerprint density at radius 1 is 0.927 bits per heavy atom. The van der Waals surface area contributed by atoms with E-state index in [9.17, 15) is 9.59 Å². The van der Waals surface area contributed by atoms with Gasteiger partial charge in [-0.15, -0.1) is 0 Å².